The lowest BCUT2D eigenvalue weighted by Crippen LogP contribution is -2.48. The highest BCUT2D eigenvalue weighted by Crippen LogP contribution is 2.31. The molecule has 0 atom stereocenters. The Bertz CT molecular complexity index is 890. The van der Waals surface area contributed by atoms with Crippen LogP contribution in [0.1, 0.15) is 52.8 Å². The number of carbonyl (C=O) groups is 1. The molecule has 1 amide bonds. The summed E-state index contributed by atoms with van der Waals surface area (Å²) in [6.07, 6.45) is 3.85. The van der Waals surface area contributed by atoms with Gasteiger partial charge < -0.3 is 14.0 Å². The molecule has 1 aliphatic heterocycles. The van der Waals surface area contributed by atoms with Gasteiger partial charge in [0.2, 0.25) is 5.89 Å². The fourth-order valence-corrected chi connectivity index (χ4v) is 3.75. The quantitative estimate of drug-likeness (QED) is 0.717. The van der Waals surface area contributed by atoms with E-state index in [-0.39, 0.29) is 17.7 Å². The van der Waals surface area contributed by atoms with Crippen molar-refractivity contribution < 1.29 is 9.32 Å². The van der Waals surface area contributed by atoms with E-state index in [1.54, 1.807) is 0 Å². The molecule has 4 heterocycles. The molecule has 0 unspecified atom stereocenters. The van der Waals surface area contributed by atoms with Gasteiger partial charge in [-0.1, -0.05) is 30.3 Å². The van der Waals surface area contributed by atoms with Gasteiger partial charge in [-0.25, -0.2) is 4.98 Å². The Balaban J connectivity index is 1.45. The number of hydrogen-bond donors (Lipinski definition) is 0. The molecular weight excluding hydrogens is 338 g/mol. The Kier molecular flexibility index (Phi) is 3.91. The van der Waals surface area contributed by atoms with Gasteiger partial charge in [-0.2, -0.15) is 4.98 Å². The highest BCUT2D eigenvalue weighted by molar-refractivity contribution is 7.16. The second kappa shape index (κ2) is 6.11. The van der Waals surface area contributed by atoms with Crippen LogP contribution in [0.3, 0.4) is 0 Å². The number of aryl methyl sites for hydroxylation is 1. The van der Waals surface area contributed by atoms with Crippen molar-refractivity contribution in [2.75, 3.05) is 13.1 Å². The zero-order valence-corrected chi connectivity index (χ0v) is 15.2. The predicted octanol–water partition coefficient (Wildman–Crippen LogP) is 2.99. The zero-order valence-electron chi connectivity index (χ0n) is 14.3. The Morgan fingerprint density at radius 1 is 1.28 bits per heavy atom. The van der Waals surface area contributed by atoms with Gasteiger partial charge in [0.15, 0.2) is 11.0 Å². The topological polar surface area (TPSA) is 77.1 Å². The van der Waals surface area contributed by atoms with Crippen LogP contribution in [0.25, 0.3) is 5.13 Å². The smallest absolute Gasteiger partial charge is 0.265 e. The Labute approximate surface area is 149 Å². The second-order valence-corrected chi connectivity index (χ2v) is 7.53. The molecule has 7 nitrogen and oxygen atoms in total. The normalized spacial score (nSPS) is 15.0. The number of likely N-dealkylation sites (tertiary alicyclic amines) is 1. The molecule has 3 aromatic heterocycles. The molecule has 130 valence electrons. The third-order valence-corrected chi connectivity index (χ3v) is 5.46. The Morgan fingerprint density at radius 2 is 2.00 bits per heavy atom. The molecule has 1 saturated heterocycles. The predicted molar refractivity (Wildman–Crippen MR) is 93.2 cm³/mol. The van der Waals surface area contributed by atoms with Crippen LogP contribution in [0, 0.1) is 6.92 Å². The van der Waals surface area contributed by atoms with Crippen molar-refractivity contribution in [3.05, 3.63) is 46.8 Å². The molecule has 1 fully saturated rings. The first kappa shape index (κ1) is 16.0. The summed E-state index contributed by atoms with van der Waals surface area (Å²) in [6, 6.07) is 3.88. The van der Waals surface area contributed by atoms with Crippen LogP contribution in [-0.2, 0) is 0 Å². The average molecular weight is 357 g/mol. The van der Waals surface area contributed by atoms with Gasteiger partial charge in [0.1, 0.15) is 4.88 Å². The summed E-state index contributed by atoms with van der Waals surface area (Å²) >= 11 is 1.42. The van der Waals surface area contributed by atoms with Crippen molar-refractivity contribution >= 4 is 17.2 Å². The monoisotopic (exact) mass is 357 g/mol. The van der Waals surface area contributed by atoms with Crippen molar-refractivity contribution in [1.82, 2.24) is 24.6 Å². The summed E-state index contributed by atoms with van der Waals surface area (Å²) in [5, 5.41) is 4.80. The summed E-state index contributed by atoms with van der Waals surface area (Å²) in [4.78, 5) is 24.2. The lowest BCUT2D eigenvalue weighted by Gasteiger charge is -2.36. The SMILES string of the molecule is Cc1nc(-n2cccc2)sc1C(=O)N1CC(c2nc(C(C)C)no2)C1. The highest BCUT2D eigenvalue weighted by Gasteiger charge is 2.37. The summed E-state index contributed by atoms with van der Waals surface area (Å²) in [5.41, 5.74) is 0.766. The number of aromatic nitrogens is 4. The largest absolute Gasteiger partial charge is 0.339 e. The van der Waals surface area contributed by atoms with Crippen LogP contribution in [0.5, 0.6) is 0 Å². The van der Waals surface area contributed by atoms with E-state index in [0.717, 1.165) is 16.6 Å². The molecule has 0 aromatic carbocycles. The van der Waals surface area contributed by atoms with Crippen molar-refractivity contribution in [1.29, 1.82) is 0 Å². The van der Waals surface area contributed by atoms with Crippen molar-refractivity contribution in [2.24, 2.45) is 0 Å². The minimum atomic E-state index is 0.0215. The molecule has 25 heavy (non-hydrogen) atoms. The number of nitrogens with zero attached hydrogens (tertiary/aromatic N) is 5. The fraction of sp³-hybridized carbons (Fsp3) is 0.412. The third kappa shape index (κ3) is 2.86. The number of carbonyl (C=O) groups excluding carboxylic acids is 1. The molecular formula is C17H19N5O2S. The maximum atomic E-state index is 12.7. The van der Waals surface area contributed by atoms with Crippen LogP contribution >= 0.6 is 11.3 Å². The van der Waals surface area contributed by atoms with E-state index in [2.05, 4.69) is 15.1 Å². The van der Waals surface area contributed by atoms with Crippen molar-refractivity contribution in [2.45, 2.75) is 32.6 Å². The molecule has 0 saturated carbocycles. The van der Waals surface area contributed by atoms with E-state index in [9.17, 15) is 4.79 Å². The minimum absolute atomic E-state index is 0.0215. The minimum Gasteiger partial charge on any atom is -0.339 e. The van der Waals surface area contributed by atoms with E-state index in [4.69, 9.17) is 4.52 Å². The maximum Gasteiger partial charge on any atom is 0.265 e. The number of thiazole rings is 1. The Hall–Kier alpha value is -2.48. The molecule has 8 heteroatoms. The fourth-order valence-electron chi connectivity index (χ4n) is 2.74. The van der Waals surface area contributed by atoms with Crippen molar-refractivity contribution in [3.63, 3.8) is 0 Å². The lowest BCUT2D eigenvalue weighted by atomic mass is 9.99. The molecule has 0 bridgehead atoms. The first-order valence-corrected chi connectivity index (χ1v) is 9.08. The highest BCUT2D eigenvalue weighted by atomic mass is 32.1. The Morgan fingerprint density at radius 3 is 2.64 bits per heavy atom. The first-order chi connectivity index (χ1) is 12.0. The first-order valence-electron chi connectivity index (χ1n) is 8.26. The molecule has 3 aromatic rings. The van der Waals surface area contributed by atoms with Crippen LogP contribution in [0.2, 0.25) is 0 Å². The summed E-state index contributed by atoms with van der Waals surface area (Å²) in [5.74, 6) is 1.73. The van der Waals surface area contributed by atoms with Gasteiger partial charge >= 0.3 is 0 Å². The van der Waals surface area contributed by atoms with Crippen LogP contribution in [0.15, 0.2) is 29.0 Å². The molecule has 0 aliphatic carbocycles. The summed E-state index contributed by atoms with van der Waals surface area (Å²) < 4.78 is 7.24. The number of amides is 1. The van der Waals surface area contributed by atoms with E-state index in [0.29, 0.717) is 23.9 Å². The standard InChI is InChI=1S/C17H19N5O2S/c1-10(2)14-19-15(24-20-14)12-8-22(9-12)16(23)13-11(3)18-17(25-13)21-6-4-5-7-21/h4-7,10,12H,8-9H2,1-3H3. The zero-order chi connectivity index (χ0) is 17.6. The van der Waals surface area contributed by atoms with Gasteiger partial charge in [-0.05, 0) is 19.1 Å². The second-order valence-electron chi connectivity index (χ2n) is 6.55. The van der Waals surface area contributed by atoms with E-state index < -0.39 is 0 Å². The summed E-state index contributed by atoms with van der Waals surface area (Å²) in [6.45, 7) is 7.14. The van der Waals surface area contributed by atoms with E-state index in [1.807, 2.05) is 54.8 Å². The van der Waals surface area contributed by atoms with Gasteiger partial charge in [0.05, 0.1) is 11.6 Å². The van der Waals surface area contributed by atoms with E-state index >= 15 is 0 Å². The van der Waals surface area contributed by atoms with Crippen molar-refractivity contribution in [3.8, 4) is 5.13 Å². The average Bonchev–Trinajstić information content (AvgIpc) is 3.25. The molecule has 0 radical (unpaired) electrons. The lowest BCUT2D eigenvalue weighted by molar-refractivity contribution is 0.0573. The number of hydrogen-bond acceptors (Lipinski definition) is 6. The van der Waals surface area contributed by atoms with Crippen LogP contribution in [0.4, 0.5) is 0 Å². The maximum absolute atomic E-state index is 12.7. The molecule has 4 rings (SSSR count). The molecule has 0 spiro atoms. The van der Waals surface area contributed by atoms with Gasteiger partial charge in [-0.15, -0.1) is 0 Å². The van der Waals surface area contributed by atoms with Crippen LogP contribution in [-0.4, -0.2) is 43.6 Å². The third-order valence-electron chi connectivity index (χ3n) is 4.30. The summed E-state index contributed by atoms with van der Waals surface area (Å²) in [7, 11) is 0. The van der Waals surface area contributed by atoms with Gasteiger partial charge in [-0.3, -0.25) is 4.79 Å². The molecule has 0 N–H and O–H groups in total. The number of rotatable bonds is 4. The van der Waals surface area contributed by atoms with Gasteiger partial charge in [0.25, 0.3) is 5.91 Å². The van der Waals surface area contributed by atoms with E-state index in [1.165, 1.54) is 11.3 Å². The molecule has 1 aliphatic rings. The van der Waals surface area contributed by atoms with Crippen LogP contribution < -0.4 is 0 Å². The van der Waals surface area contributed by atoms with Gasteiger partial charge in [0, 0.05) is 31.4 Å².